The number of Topliss-reactive ketones (excluding diaryl/α,β-unsaturated/α-hetero) is 1. The van der Waals surface area contributed by atoms with Gasteiger partial charge in [0.25, 0.3) is 0 Å². The third kappa shape index (κ3) is 7.20. The minimum absolute atomic E-state index is 0.0374. The van der Waals surface area contributed by atoms with Gasteiger partial charge in [-0.3, -0.25) is 29.6 Å². The summed E-state index contributed by atoms with van der Waals surface area (Å²) in [7, 11) is 1.43. The second-order valence-electron chi connectivity index (χ2n) is 16.0. The number of halogens is 1. The number of esters is 2. The SMILES string of the molecule is COc1cc(/C=C/C(=O)OCCCCON(O)O)ccc1CC(=O)OCC(=O)[C@@]12OC(C)(C)O[C@@H]1C[C@H]1C3CCC4=CC(=O)C=C[C@]4(C)[C@@]3(F)[C@@H](O)C[C@@]12C. The molecule has 0 spiro atoms. The zero-order valence-electron chi connectivity index (χ0n) is 31.7. The van der Waals surface area contributed by atoms with Gasteiger partial charge in [-0.05, 0) is 95.1 Å². The Hall–Kier alpha value is -3.83. The standard InChI is InChI=1S/C40H50FNO13/c1-36(2)54-33-21-29-28-12-11-26-20-27(43)14-15-37(26,3)39(28,41)31(44)22-38(29,4)40(33,55-36)32(45)23-52-35(47)19-25-10-8-24(18-30(25)50-5)9-13-34(46)51-16-6-7-17-53-42(48)49/h8-10,13-15,18,20,28-29,31,33,44,48-49H,6-7,11-12,16-17,19,21-23H2,1-5H3/b13-9+/t28?,29-,31-,33+,37-,38-,39-,40+/m0/s1. The van der Waals surface area contributed by atoms with Crippen molar-refractivity contribution in [3.05, 3.63) is 59.2 Å². The van der Waals surface area contributed by atoms with Crippen LogP contribution in [-0.4, -0.2) is 101 Å². The number of unbranched alkanes of at least 4 members (excludes halogenated alkanes) is 1. The van der Waals surface area contributed by atoms with E-state index < -0.39 is 76.3 Å². The predicted octanol–water partition coefficient (Wildman–Crippen LogP) is 4.57. The van der Waals surface area contributed by atoms with Crippen LogP contribution in [0.25, 0.3) is 6.08 Å². The molecule has 0 radical (unpaired) electrons. The molecular formula is C40H50FNO13. The molecule has 0 aromatic heterocycles. The number of hydrogen-bond donors (Lipinski definition) is 3. The van der Waals surface area contributed by atoms with Gasteiger partial charge in [0, 0.05) is 28.4 Å². The van der Waals surface area contributed by atoms with Gasteiger partial charge in [-0.25, -0.2) is 9.18 Å². The Morgan fingerprint density at radius 1 is 1.07 bits per heavy atom. The molecular weight excluding hydrogens is 721 g/mol. The molecule has 15 heteroatoms. The van der Waals surface area contributed by atoms with E-state index in [0.29, 0.717) is 54.6 Å². The number of alkyl halides is 1. The lowest BCUT2D eigenvalue weighted by molar-refractivity contribution is -0.492. The first-order chi connectivity index (χ1) is 25.9. The van der Waals surface area contributed by atoms with E-state index >= 15 is 4.39 Å². The van der Waals surface area contributed by atoms with Crippen LogP contribution in [0.1, 0.15) is 77.3 Å². The normalized spacial score (nSPS) is 34.4. The van der Waals surface area contributed by atoms with Crippen molar-refractivity contribution >= 4 is 29.6 Å². The van der Waals surface area contributed by atoms with Crippen LogP contribution < -0.4 is 4.74 Å². The minimum atomic E-state index is -2.10. The number of aliphatic hydroxyl groups is 1. The summed E-state index contributed by atoms with van der Waals surface area (Å²) < 4.78 is 46.8. The van der Waals surface area contributed by atoms with Crippen LogP contribution in [-0.2, 0) is 49.4 Å². The molecule has 0 bridgehead atoms. The Labute approximate surface area is 318 Å². The summed E-state index contributed by atoms with van der Waals surface area (Å²) in [5.74, 6) is -3.93. The van der Waals surface area contributed by atoms with Crippen molar-refractivity contribution in [3.63, 3.8) is 0 Å². The van der Waals surface area contributed by atoms with Gasteiger partial charge in [0.1, 0.15) is 5.75 Å². The van der Waals surface area contributed by atoms with Gasteiger partial charge in [-0.1, -0.05) is 30.7 Å². The lowest BCUT2D eigenvalue weighted by atomic mass is 9.44. The number of methoxy groups -OCH3 is 1. The number of rotatable bonds is 14. The summed E-state index contributed by atoms with van der Waals surface area (Å²) in [6.07, 6.45) is 6.62. The van der Waals surface area contributed by atoms with Gasteiger partial charge in [-0.15, -0.1) is 0 Å². The number of allylic oxidation sites excluding steroid dienone is 4. The molecule has 4 fully saturated rings. The van der Waals surface area contributed by atoms with Crippen molar-refractivity contribution in [2.45, 2.75) is 102 Å². The average molecular weight is 772 g/mol. The molecule has 1 unspecified atom stereocenters. The number of fused-ring (bicyclic) bond motifs is 7. The number of carbonyl (C=O) groups excluding carboxylic acids is 4. The molecule has 14 nitrogen and oxygen atoms in total. The van der Waals surface area contributed by atoms with Crippen LogP contribution in [0.3, 0.4) is 0 Å². The monoisotopic (exact) mass is 771 g/mol. The Balaban J connectivity index is 1.12. The van der Waals surface area contributed by atoms with E-state index in [4.69, 9.17) is 34.1 Å². The van der Waals surface area contributed by atoms with Crippen molar-refractivity contribution in [3.8, 4) is 5.75 Å². The molecule has 3 N–H and O–H groups in total. The Morgan fingerprint density at radius 3 is 2.55 bits per heavy atom. The number of ether oxygens (including phenoxy) is 5. The number of nitrogens with zero attached hydrogens (tertiary/aromatic N) is 1. The van der Waals surface area contributed by atoms with Crippen LogP contribution in [0, 0.1) is 22.7 Å². The molecule has 6 rings (SSSR count). The van der Waals surface area contributed by atoms with Crippen LogP contribution in [0.5, 0.6) is 5.75 Å². The fourth-order valence-electron chi connectivity index (χ4n) is 10.0. The lowest BCUT2D eigenvalue weighted by Gasteiger charge is -2.62. The highest BCUT2D eigenvalue weighted by molar-refractivity contribution is 6.01. The summed E-state index contributed by atoms with van der Waals surface area (Å²) in [5, 5.41) is 28.4. The number of aliphatic hydroxyl groups excluding tert-OH is 1. The van der Waals surface area contributed by atoms with Gasteiger partial charge < -0.3 is 28.8 Å². The van der Waals surface area contributed by atoms with E-state index in [2.05, 4.69) is 4.84 Å². The zero-order chi connectivity index (χ0) is 40.0. The first kappa shape index (κ1) is 40.8. The van der Waals surface area contributed by atoms with Crippen LogP contribution >= 0.6 is 0 Å². The van der Waals surface area contributed by atoms with E-state index in [1.165, 1.54) is 31.4 Å². The topological polar surface area (TPSA) is 188 Å². The van der Waals surface area contributed by atoms with Gasteiger partial charge in [0.05, 0.1) is 44.3 Å². The fourth-order valence-corrected chi connectivity index (χ4v) is 10.0. The second kappa shape index (κ2) is 15.3. The maximum Gasteiger partial charge on any atom is 0.330 e. The number of benzene rings is 1. The molecule has 1 aliphatic heterocycles. The summed E-state index contributed by atoms with van der Waals surface area (Å²) in [6.45, 7) is 6.49. The molecule has 1 aromatic rings. The lowest BCUT2D eigenvalue weighted by Crippen LogP contribution is -2.70. The quantitative estimate of drug-likeness (QED) is 0.103. The Kier molecular flexibility index (Phi) is 11.3. The minimum Gasteiger partial charge on any atom is -0.496 e. The summed E-state index contributed by atoms with van der Waals surface area (Å²) >= 11 is 0. The molecule has 300 valence electrons. The fraction of sp³-hybridized carbons (Fsp3) is 0.600. The van der Waals surface area contributed by atoms with E-state index in [1.807, 2.05) is 6.92 Å². The molecule has 3 saturated carbocycles. The van der Waals surface area contributed by atoms with Crippen LogP contribution in [0.2, 0.25) is 0 Å². The third-order valence-electron chi connectivity index (χ3n) is 12.5. The van der Waals surface area contributed by atoms with Crippen LogP contribution in [0.15, 0.2) is 48.1 Å². The molecule has 1 heterocycles. The zero-order valence-corrected chi connectivity index (χ0v) is 31.7. The maximum atomic E-state index is 17.7. The third-order valence-corrected chi connectivity index (χ3v) is 12.5. The highest BCUT2D eigenvalue weighted by Crippen LogP contribution is 2.72. The summed E-state index contributed by atoms with van der Waals surface area (Å²) in [5.41, 5.74) is -4.26. The molecule has 1 saturated heterocycles. The van der Waals surface area contributed by atoms with Gasteiger partial charge in [-0.2, -0.15) is 0 Å². The second-order valence-corrected chi connectivity index (χ2v) is 16.0. The highest BCUT2D eigenvalue weighted by Gasteiger charge is 2.80. The van der Waals surface area contributed by atoms with Crippen LogP contribution in [0.4, 0.5) is 4.39 Å². The van der Waals surface area contributed by atoms with Crippen molar-refractivity contribution < 1.29 is 67.6 Å². The number of ketones is 2. The largest absolute Gasteiger partial charge is 0.496 e. The smallest absolute Gasteiger partial charge is 0.330 e. The molecule has 8 atom stereocenters. The Bertz CT molecular complexity index is 1790. The van der Waals surface area contributed by atoms with Crippen molar-refractivity contribution in [2.24, 2.45) is 22.7 Å². The molecule has 1 aromatic carbocycles. The van der Waals surface area contributed by atoms with E-state index in [1.54, 1.807) is 45.0 Å². The summed E-state index contributed by atoms with van der Waals surface area (Å²) in [6, 6.07) is 4.94. The van der Waals surface area contributed by atoms with Crippen molar-refractivity contribution in [2.75, 3.05) is 26.9 Å². The predicted molar refractivity (Wildman–Crippen MR) is 190 cm³/mol. The van der Waals surface area contributed by atoms with Crippen molar-refractivity contribution in [1.82, 2.24) is 5.39 Å². The number of hydrogen-bond acceptors (Lipinski definition) is 14. The van der Waals surface area contributed by atoms with E-state index in [9.17, 15) is 24.3 Å². The molecule has 0 amide bonds. The van der Waals surface area contributed by atoms with Gasteiger partial charge in [0.15, 0.2) is 29.4 Å². The average Bonchev–Trinajstić information content (AvgIpc) is 3.54. The highest BCUT2D eigenvalue weighted by atomic mass is 19.1. The molecule has 5 aliphatic rings. The number of carbonyl (C=O) groups is 4. The van der Waals surface area contributed by atoms with Gasteiger partial charge in [0.2, 0.25) is 5.78 Å². The summed E-state index contributed by atoms with van der Waals surface area (Å²) in [4.78, 5) is 56.4. The molecule has 55 heavy (non-hydrogen) atoms. The molecule has 4 aliphatic carbocycles. The Morgan fingerprint density at radius 2 is 1.82 bits per heavy atom. The first-order valence-electron chi connectivity index (χ1n) is 18.6. The van der Waals surface area contributed by atoms with E-state index in [0.717, 1.165) is 0 Å². The first-order valence-corrected chi connectivity index (χ1v) is 18.6. The maximum absolute atomic E-state index is 17.7. The van der Waals surface area contributed by atoms with Crippen molar-refractivity contribution in [1.29, 1.82) is 0 Å². The van der Waals surface area contributed by atoms with Gasteiger partial charge >= 0.3 is 11.9 Å². The van der Waals surface area contributed by atoms with E-state index in [-0.39, 0.29) is 37.2 Å².